The molecule has 1 nitrogen and oxygen atoms in total. The maximum Gasteiger partial charge on any atom is 0.0508 e. The van der Waals surface area contributed by atoms with Gasteiger partial charge in [-0.1, -0.05) is 18.7 Å². The number of allylic oxidation sites excluding steroid dienone is 2. The second-order valence-corrected chi connectivity index (χ2v) is 4.22. The first-order valence-corrected chi connectivity index (χ1v) is 5.76. The molecule has 0 saturated heterocycles. The average molecular weight is 201 g/mol. The highest BCUT2D eigenvalue weighted by Crippen LogP contribution is 2.28. The minimum atomic E-state index is 1.17. The normalized spacial score (nSPS) is 16.3. The zero-order valence-corrected chi connectivity index (χ0v) is 9.71. The Kier molecular flexibility index (Phi) is 2.81. The molecule has 1 aromatic rings. The zero-order valence-electron chi connectivity index (χ0n) is 9.71. The molecule has 0 radical (unpaired) electrons. The molecule has 1 heteroatoms. The van der Waals surface area contributed by atoms with Crippen LogP contribution in [-0.2, 0) is 13.0 Å². The molecule has 80 valence electrons. The fourth-order valence-corrected chi connectivity index (χ4v) is 2.40. The van der Waals surface area contributed by atoms with Crippen LogP contribution in [0.25, 0.3) is 11.6 Å². The molecule has 1 aromatic heterocycles. The van der Waals surface area contributed by atoms with Crippen molar-refractivity contribution in [3.05, 3.63) is 35.7 Å². The van der Waals surface area contributed by atoms with Gasteiger partial charge in [-0.3, -0.25) is 0 Å². The van der Waals surface area contributed by atoms with Crippen LogP contribution in [0.2, 0.25) is 0 Å². The zero-order chi connectivity index (χ0) is 10.8. The molecule has 0 unspecified atom stereocenters. The maximum absolute atomic E-state index is 3.91. The summed E-state index contributed by atoms with van der Waals surface area (Å²) in [6.45, 7) is 9.37. The van der Waals surface area contributed by atoms with Gasteiger partial charge in [0.25, 0.3) is 0 Å². The Balaban J connectivity index is 2.58. The van der Waals surface area contributed by atoms with E-state index in [-0.39, 0.29) is 0 Å². The van der Waals surface area contributed by atoms with E-state index in [2.05, 4.69) is 37.1 Å². The van der Waals surface area contributed by atoms with E-state index in [1.165, 1.54) is 48.3 Å². The molecule has 0 N–H and O–H groups in total. The van der Waals surface area contributed by atoms with E-state index in [1.54, 1.807) is 0 Å². The van der Waals surface area contributed by atoms with Crippen LogP contribution in [0.3, 0.4) is 0 Å². The Labute approximate surface area is 92.1 Å². The molecule has 0 spiro atoms. The third kappa shape index (κ3) is 1.67. The molecule has 1 aliphatic heterocycles. The van der Waals surface area contributed by atoms with E-state index in [0.717, 1.165) is 0 Å². The lowest BCUT2D eigenvalue weighted by molar-refractivity contribution is 0.529. The summed E-state index contributed by atoms with van der Waals surface area (Å²) in [6.07, 6.45) is 8.02. The monoisotopic (exact) mass is 201 g/mol. The minimum Gasteiger partial charge on any atom is -0.344 e. The van der Waals surface area contributed by atoms with Crippen molar-refractivity contribution in [1.29, 1.82) is 0 Å². The molecular formula is C14H19N. The van der Waals surface area contributed by atoms with E-state index in [0.29, 0.717) is 0 Å². The number of hydrogen-bond donors (Lipinski definition) is 0. The second-order valence-electron chi connectivity index (χ2n) is 4.22. The van der Waals surface area contributed by atoms with Crippen LogP contribution in [0.4, 0.5) is 0 Å². The number of hydrogen-bond acceptors (Lipinski definition) is 0. The van der Waals surface area contributed by atoms with Crippen molar-refractivity contribution in [1.82, 2.24) is 4.57 Å². The molecule has 2 rings (SSSR count). The van der Waals surface area contributed by atoms with Crippen LogP contribution >= 0.6 is 0 Å². The van der Waals surface area contributed by atoms with Gasteiger partial charge in [0.2, 0.25) is 0 Å². The first-order valence-electron chi connectivity index (χ1n) is 5.76. The Hall–Kier alpha value is -1.24. The average Bonchev–Trinajstić information content (AvgIpc) is 2.66. The summed E-state index contributed by atoms with van der Waals surface area (Å²) in [5.74, 6) is 0. The second kappa shape index (κ2) is 4.09. The summed E-state index contributed by atoms with van der Waals surface area (Å²) in [5, 5.41) is 0. The molecule has 0 fully saturated rings. The molecule has 0 aromatic carbocycles. The van der Waals surface area contributed by atoms with Gasteiger partial charge < -0.3 is 4.57 Å². The molecular weight excluding hydrogens is 182 g/mol. The Morgan fingerprint density at radius 1 is 1.47 bits per heavy atom. The summed E-state index contributed by atoms with van der Waals surface area (Å²) in [7, 11) is 0. The summed E-state index contributed by atoms with van der Waals surface area (Å²) in [5.41, 5.74) is 5.51. The lowest BCUT2D eigenvalue weighted by atomic mass is 10.1. The van der Waals surface area contributed by atoms with Crippen molar-refractivity contribution in [2.45, 2.75) is 39.7 Å². The Bertz CT molecular complexity index is 407. The third-order valence-electron chi connectivity index (χ3n) is 3.30. The van der Waals surface area contributed by atoms with Crippen molar-refractivity contribution >= 4 is 11.6 Å². The molecule has 0 bridgehead atoms. The topological polar surface area (TPSA) is 4.93 Å². The number of aromatic nitrogens is 1. The van der Waals surface area contributed by atoms with Gasteiger partial charge in [0.15, 0.2) is 0 Å². The van der Waals surface area contributed by atoms with Crippen molar-refractivity contribution < 1.29 is 0 Å². The van der Waals surface area contributed by atoms with E-state index in [4.69, 9.17) is 0 Å². The first-order chi connectivity index (χ1) is 7.27. The van der Waals surface area contributed by atoms with E-state index < -0.39 is 0 Å². The van der Waals surface area contributed by atoms with Crippen LogP contribution in [0.1, 0.15) is 43.6 Å². The number of aryl methyl sites for hydroxylation is 1. The largest absolute Gasteiger partial charge is 0.344 e. The summed E-state index contributed by atoms with van der Waals surface area (Å²) in [4.78, 5) is 0. The highest BCUT2D eigenvalue weighted by atomic mass is 15.0. The van der Waals surface area contributed by atoms with Crippen LogP contribution in [0.15, 0.2) is 18.7 Å². The van der Waals surface area contributed by atoms with E-state index >= 15 is 0 Å². The first kappa shape index (κ1) is 10.3. The molecule has 0 atom stereocenters. The quantitative estimate of drug-likeness (QED) is 0.684. The number of fused-ring (bicyclic) bond motifs is 1. The molecule has 0 aliphatic carbocycles. The summed E-state index contributed by atoms with van der Waals surface area (Å²) >= 11 is 0. The smallest absolute Gasteiger partial charge is 0.0508 e. The molecule has 0 amide bonds. The minimum absolute atomic E-state index is 1.17. The fraction of sp³-hybridized carbons (Fsp3) is 0.429. The van der Waals surface area contributed by atoms with Gasteiger partial charge in [0.05, 0.1) is 5.69 Å². The van der Waals surface area contributed by atoms with Crippen molar-refractivity contribution in [2.75, 3.05) is 0 Å². The fourth-order valence-electron chi connectivity index (χ4n) is 2.40. The standard InChI is InChI=1S/C14H19N/c1-4-11(3)14-12(5-2)10-13-8-6-7-9-15(13)14/h4-5,10H,2,6-9H2,1,3H3/b11-4-. The summed E-state index contributed by atoms with van der Waals surface area (Å²) in [6, 6.07) is 2.30. The van der Waals surface area contributed by atoms with Crippen LogP contribution in [-0.4, -0.2) is 4.57 Å². The summed E-state index contributed by atoms with van der Waals surface area (Å²) < 4.78 is 2.47. The van der Waals surface area contributed by atoms with Gasteiger partial charge in [-0.15, -0.1) is 0 Å². The van der Waals surface area contributed by atoms with Crippen LogP contribution < -0.4 is 0 Å². The van der Waals surface area contributed by atoms with Gasteiger partial charge in [-0.2, -0.15) is 0 Å². The Morgan fingerprint density at radius 3 is 2.93 bits per heavy atom. The van der Waals surface area contributed by atoms with Gasteiger partial charge in [-0.05, 0) is 50.3 Å². The highest BCUT2D eigenvalue weighted by Gasteiger charge is 2.16. The molecule has 2 heterocycles. The molecule has 0 saturated carbocycles. The van der Waals surface area contributed by atoms with Crippen molar-refractivity contribution in [3.8, 4) is 0 Å². The highest BCUT2D eigenvalue weighted by molar-refractivity contribution is 5.71. The molecule has 1 aliphatic rings. The maximum atomic E-state index is 3.91. The van der Waals surface area contributed by atoms with Gasteiger partial charge >= 0.3 is 0 Å². The van der Waals surface area contributed by atoms with Crippen molar-refractivity contribution in [2.24, 2.45) is 0 Å². The Morgan fingerprint density at radius 2 is 2.27 bits per heavy atom. The number of nitrogens with zero attached hydrogens (tertiary/aromatic N) is 1. The number of rotatable bonds is 2. The van der Waals surface area contributed by atoms with Crippen LogP contribution in [0, 0.1) is 0 Å². The third-order valence-corrected chi connectivity index (χ3v) is 3.30. The predicted octanol–water partition coefficient (Wildman–Crippen LogP) is 3.89. The van der Waals surface area contributed by atoms with Crippen LogP contribution in [0.5, 0.6) is 0 Å². The van der Waals surface area contributed by atoms with Gasteiger partial charge in [-0.25, -0.2) is 0 Å². The van der Waals surface area contributed by atoms with Gasteiger partial charge in [0.1, 0.15) is 0 Å². The van der Waals surface area contributed by atoms with E-state index in [1.807, 2.05) is 6.08 Å². The lowest BCUT2D eigenvalue weighted by Gasteiger charge is -2.18. The molecule has 15 heavy (non-hydrogen) atoms. The van der Waals surface area contributed by atoms with Crippen molar-refractivity contribution in [3.63, 3.8) is 0 Å². The lowest BCUT2D eigenvalue weighted by Crippen LogP contribution is -2.11. The SMILES string of the molecule is C=Cc1cc2n(c1/C(C)=C\C)CCCC2. The predicted molar refractivity (Wildman–Crippen MR) is 66.8 cm³/mol. The van der Waals surface area contributed by atoms with Gasteiger partial charge in [0, 0.05) is 12.2 Å². The van der Waals surface area contributed by atoms with E-state index in [9.17, 15) is 0 Å².